The summed E-state index contributed by atoms with van der Waals surface area (Å²) in [5, 5.41) is 2.93. The molecule has 0 aromatic heterocycles. The van der Waals surface area contributed by atoms with Gasteiger partial charge in [-0.15, -0.1) is 0 Å². The summed E-state index contributed by atoms with van der Waals surface area (Å²) in [7, 11) is 0. The second kappa shape index (κ2) is 7.92. The number of carbonyl (C=O) groups excluding carboxylic acids is 2. The molecule has 2 amide bonds. The molecule has 0 bridgehead atoms. The first kappa shape index (κ1) is 18.9. The standard InChI is InChI=1S/C22H22ClFN2O2/c23-15-9-10-19(18(24)13-15)25-21(27)16-6-2-3-7-17(16)22(28)26-12-11-14-5-1-4-8-20(14)26/h1,4-5,8-10,13,16-17H,2-3,6-7,11-12H2,(H,25,27). The van der Waals surface area contributed by atoms with Crippen LogP contribution in [0.5, 0.6) is 0 Å². The minimum Gasteiger partial charge on any atom is -0.323 e. The second-order valence-electron chi connectivity index (χ2n) is 7.48. The van der Waals surface area contributed by atoms with Crippen LogP contribution in [0.3, 0.4) is 0 Å². The van der Waals surface area contributed by atoms with Crippen LogP contribution in [0, 0.1) is 17.7 Å². The van der Waals surface area contributed by atoms with Gasteiger partial charge < -0.3 is 10.2 Å². The maximum atomic E-state index is 14.1. The molecule has 2 unspecified atom stereocenters. The zero-order valence-corrected chi connectivity index (χ0v) is 16.2. The van der Waals surface area contributed by atoms with E-state index in [4.69, 9.17) is 11.6 Å². The highest BCUT2D eigenvalue weighted by Gasteiger charge is 2.39. The van der Waals surface area contributed by atoms with E-state index in [2.05, 4.69) is 5.32 Å². The maximum Gasteiger partial charge on any atom is 0.230 e. The highest BCUT2D eigenvalue weighted by atomic mass is 35.5. The quantitative estimate of drug-likeness (QED) is 0.803. The van der Waals surface area contributed by atoms with Crippen LogP contribution in [0.25, 0.3) is 0 Å². The molecule has 1 heterocycles. The van der Waals surface area contributed by atoms with Crippen molar-refractivity contribution in [2.24, 2.45) is 11.8 Å². The molecule has 1 saturated carbocycles. The Balaban J connectivity index is 1.53. The Hall–Kier alpha value is -2.40. The van der Waals surface area contributed by atoms with Gasteiger partial charge in [0, 0.05) is 23.2 Å². The monoisotopic (exact) mass is 400 g/mol. The number of fused-ring (bicyclic) bond motifs is 1. The van der Waals surface area contributed by atoms with Crippen molar-refractivity contribution >= 4 is 34.8 Å². The average molecular weight is 401 g/mol. The van der Waals surface area contributed by atoms with E-state index in [1.54, 1.807) is 0 Å². The summed E-state index contributed by atoms with van der Waals surface area (Å²) in [6.07, 6.45) is 3.96. The van der Waals surface area contributed by atoms with Crippen LogP contribution in [0.15, 0.2) is 42.5 Å². The minimum atomic E-state index is -0.576. The van der Waals surface area contributed by atoms with Gasteiger partial charge in [-0.05, 0) is 49.1 Å². The number of nitrogens with zero attached hydrogens (tertiary/aromatic N) is 1. The van der Waals surface area contributed by atoms with Crippen LogP contribution < -0.4 is 10.2 Å². The van der Waals surface area contributed by atoms with Gasteiger partial charge in [-0.3, -0.25) is 9.59 Å². The SMILES string of the molecule is O=C(Nc1ccc(Cl)cc1F)C1CCCCC1C(=O)N1CCc2ccccc21. The third-order valence-corrected chi connectivity index (χ3v) is 6.00. The molecule has 28 heavy (non-hydrogen) atoms. The molecule has 4 nitrogen and oxygen atoms in total. The van der Waals surface area contributed by atoms with E-state index in [1.165, 1.54) is 18.2 Å². The van der Waals surface area contributed by atoms with Gasteiger partial charge in [-0.25, -0.2) is 4.39 Å². The number of anilines is 2. The van der Waals surface area contributed by atoms with Crippen LogP contribution >= 0.6 is 11.6 Å². The van der Waals surface area contributed by atoms with Crippen molar-refractivity contribution in [1.29, 1.82) is 0 Å². The Morgan fingerprint density at radius 3 is 2.61 bits per heavy atom. The molecule has 2 aromatic carbocycles. The molecule has 2 aromatic rings. The fraction of sp³-hybridized carbons (Fsp3) is 0.364. The fourth-order valence-electron chi connectivity index (χ4n) is 4.32. The average Bonchev–Trinajstić information content (AvgIpc) is 3.13. The van der Waals surface area contributed by atoms with E-state index in [0.717, 1.165) is 30.5 Å². The second-order valence-corrected chi connectivity index (χ2v) is 7.92. The lowest BCUT2D eigenvalue weighted by Gasteiger charge is -2.32. The van der Waals surface area contributed by atoms with Crippen molar-refractivity contribution in [3.63, 3.8) is 0 Å². The number of carbonyl (C=O) groups is 2. The van der Waals surface area contributed by atoms with Gasteiger partial charge >= 0.3 is 0 Å². The summed E-state index contributed by atoms with van der Waals surface area (Å²) in [4.78, 5) is 28.0. The van der Waals surface area contributed by atoms with Crippen molar-refractivity contribution in [2.45, 2.75) is 32.1 Å². The van der Waals surface area contributed by atoms with E-state index < -0.39 is 11.7 Å². The van der Waals surface area contributed by atoms with Crippen LogP contribution in [-0.2, 0) is 16.0 Å². The number of benzene rings is 2. The largest absolute Gasteiger partial charge is 0.323 e. The summed E-state index contributed by atoms with van der Waals surface area (Å²) in [6, 6.07) is 12.1. The topological polar surface area (TPSA) is 49.4 Å². The van der Waals surface area contributed by atoms with Gasteiger partial charge in [-0.2, -0.15) is 0 Å². The molecule has 2 atom stereocenters. The van der Waals surface area contributed by atoms with Crippen LogP contribution in [0.4, 0.5) is 15.8 Å². The summed E-state index contributed by atoms with van der Waals surface area (Å²) in [6.45, 7) is 0.648. The van der Waals surface area contributed by atoms with E-state index in [0.29, 0.717) is 19.4 Å². The molecule has 1 fully saturated rings. The number of amides is 2. The van der Waals surface area contributed by atoms with Gasteiger partial charge in [-0.1, -0.05) is 42.6 Å². The van der Waals surface area contributed by atoms with Gasteiger partial charge in [0.2, 0.25) is 11.8 Å². The highest BCUT2D eigenvalue weighted by Crippen LogP contribution is 2.36. The first-order valence-corrected chi connectivity index (χ1v) is 10.1. The van der Waals surface area contributed by atoms with Crippen LogP contribution in [0.2, 0.25) is 5.02 Å². The Labute approximate surface area is 168 Å². The molecule has 2 aliphatic rings. The normalized spacial score (nSPS) is 21.3. The zero-order valence-electron chi connectivity index (χ0n) is 15.5. The highest BCUT2D eigenvalue weighted by molar-refractivity contribution is 6.30. The predicted octanol–water partition coefficient (Wildman–Crippen LogP) is 4.81. The van der Waals surface area contributed by atoms with Crippen LogP contribution in [-0.4, -0.2) is 18.4 Å². The zero-order chi connectivity index (χ0) is 19.7. The van der Waals surface area contributed by atoms with Crippen molar-refractivity contribution in [3.05, 3.63) is 58.9 Å². The first-order chi connectivity index (χ1) is 13.5. The summed E-state index contributed by atoms with van der Waals surface area (Å²) >= 11 is 5.78. The Morgan fingerprint density at radius 2 is 1.82 bits per heavy atom. The Kier molecular flexibility index (Phi) is 5.36. The number of rotatable bonds is 3. The molecule has 0 spiro atoms. The molecule has 146 valence electrons. The van der Waals surface area contributed by atoms with Crippen molar-refractivity contribution in [1.82, 2.24) is 0 Å². The molecule has 6 heteroatoms. The fourth-order valence-corrected chi connectivity index (χ4v) is 4.48. The van der Waals surface area contributed by atoms with Gasteiger partial charge in [0.15, 0.2) is 0 Å². The number of halogens is 2. The molecule has 4 rings (SSSR count). The van der Waals surface area contributed by atoms with Crippen molar-refractivity contribution < 1.29 is 14.0 Å². The van der Waals surface area contributed by atoms with Gasteiger partial charge in [0.25, 0.3) is 0 Å². The molecule has 1 aliphatic carbocycles. The van der Waals surface area contributed by atoms with E-state index in [1.807, 2.05) is 29.2 Å². The molecule has 1 aliphatic heterocycles. The lowest BCUT2D eigenvalue weighted by atomic mass is 9.77. The maximum absolute atomic E-state index is 14.1. The smallest absolute Gasteiger partial charge is 0.230 e. The summed E-state index contributed by atoms with van der Waals surface area (Å²) < 4.78 is 14.1. The van der Waals surface area contributed by atoms with E-state index >= 15 is 0 Å². The first-order valence-electron chi connectivity index (χ1n) is 9.70. The third kappa shape index (κ3) is 3.63. The molecular formula is C22H22ClFN2O2. The van der Waals surface area contributed by atoms with Gasteiger partial charge in [0.05, 0.1) is 11.6 Å². The van der Waals surface area contributed by atoms with Crippen molar-refractivity contribution in [2.75, 3.05) is 16.8 Å². The minimum absolute atomic E-state index is 0.00128. The molecule has 1 N–H and O–H groups in total. The molecular weight excluding hydrogens is 379 g/mol. The van der Waals surface area contributed by atoms with Crippen molar-refractivity contribution in [3.8, 4) is 0 Å². The molecule has 0 radical (unpaired) electrons. The summed E-state index contributed by atoms with van der Waals surface area (Å²) in [5.41, 5.74) is 2.20. The van der Waals surface area contributed by atoms with E-state index in [9.17, 15) is 14.0 Å². The summed E-state index contributed by atoms with van der Waals surface area (Å²) in [5.74, 6) is -1.71. The number of hydrogen-bond acceptors (Lipinski definition) is 2. The lowest BCUT2D eigenvalue weighted by Crippen LogP contribution is -2.43. The third-order valence-electron chi connectivity index (χ3n) is 5.76. The number of nitrogens with one attached hydrogen (secondary N) is 1. The lowest BCUT2D eigenvalue weighted by molar-refractivity contribution is -0.132. The molecule has 0 saturated heterocycles. The predicted molar refractivity (Wildman–Crippen MR) is 108 cm³/mol. The Morgan fingerprint density at radius 1 is 1.07 bits per heavy atom. The van der Waals surface area contributed by atoms with Gasteiger partial charge in [0.1, 0.15) is 5.82 Å². The van der Waals surface area contributed by atoms with Crippen LogP contribution in [0.1, 0.15) is 31.2 Å². The number of hydrogen-bond donors (Lipinski definition) is 1. The Bertz CT molecular complexity index is 917. The van der Waals surface area contributed by atoms with E-state index in [-0.39, 0.29) is 28.4 Å². The number of para-hydroxylation sites is 1.